The molecular weight excluding hydrogens is 411 g/mol. The quantitative estimate of drug-likeness (QED) is 0.637. The number of pyridine rings is 1. The van der Waals surface area contributed by atoms with Crippen molar-refractivity contribution in [2.45, 2.75) is 44.0 Å². The second kappa shape index (κ2) is 4.72. The van der Waals surface area contributed by atoms with Crippen molar-refractivity contribution < 1.29 is 14.3 Å². The second-order valence-electron chi connectivity index (χ2n) is 6.88. The highest BCUT2D eigenvalue weighted by molar-refractivity contribution is 14.1. The molecule has 1 aliphatic carbocycles. The normalized spacial score (nSPS) is 33.7. The zero-order valence-electron chi connectivity index (χ0n) is 12.8. The minimum atomic E-state index is -0.197. The van der Waals surface area contributed by atoms with Gasteiger partial charge in [0.15, 0.2) is 17.7 Å². The van der Waals surface area contributed by atoms with Gasteiger partial charge in [0.05, 0.1) is 23.3 Å². The number of hydrogen-bond donors (Lipinski definition) is 0. The van der Waals surface area contributed by atoms with Crippen LogP contribution in [-0.4, -0.2) is 41.4 Å². The van der Waals surface area contributed by atoms with Crippen molar-refractivity contribution in [1.29, 1.82) is 0 Å². The fraction of sp³-hybridized carbons (Fsp3) is 0.625. The number of amides is 1. The molecule has 0 radical (unpaired) electrons. The van der Waals surface area contributed by atoms with Crippen molar-refractivity contribution in [2.24, 2.45) is 5.92 Å². The van der Waals surface area contributed by atoms with Crippen LogP contribution in [-0.2, 0) is 11.2 Å². The van der Waals surface area contributed by atoms with Crippen LogP contribution in [0.4, 0.5) is 0 Å². The van der Waals surface area contributed by atoms with Gasteiger partial charge in [-0.1, -0.05) is 0 Å². The van der Waals surface area contributed by atoms with Gasteiger partial charge in [-0.2, -0.15) is 0 Å². The van der Waals surface area contributed by atoms with E-state index in [9.17, 15) is 9.59 Å². The summed E-state index contributed by atoms with van der Waals surface area (Å²) in [6, 6.07) is 0.344. The first-order valence-corrected chi connectivity index (χ1v) is 9.14. The number of rotatable bonds is 1. The summed E-state index contributed by atoms with van der Waals surface area (Å²) >= 11 is 2.08. The molecule has 1 saturated carbocycles. The van der Waals surface area contributed by atoms with Crippen LogP contribution < -0.4 is 10.2 Å². The SMILES string of the molecule is COc1c2n3c(c(I)c1=O)CCC3C1OCC3CC(C3)N1C2=O. The van der Waals surface area contributed by atoms with Crippen LogP contribution in [0, 0.1) is 9.49 Å². The van der Waals surface area contributed by atoms with E-state index in [1.54, 1.807) is 0 Å². The van der Waals surface area contributed by atoms with E-state index in [0.717, 1.165) is 38.0 Å². The number of carbonyl (C=O) groups is 1. The van der Waals surface area contributed by atoms with Crippen molar-refractivity contribution in [1.82, 2.24) is 9.47 Å². The summed E-state index contributed by atoms with van der Waals surface area (Å²) in [5.41, 5.74) is 1.23. The molecule has 1 aromatic heterocycles. The number of carbonyl (C=O) groups excluding carboxylic acids is 1. The first-order chi connectivity index (χ1) is 11.1. The molecule has 2 unspecified atom stereocenters. The van der Waals surface area contributed by atoms with Crippen molar-refractivity contribution in [3.8, 4) is 5.75 Å². The van der Waals surface area contributed by atoms with E-state index in [1.807, 2.05) is 9.47 Å². The molecule has 2 bridgehead atoms. The predicted octanol–water partition coefficient (Wildman–Crippen LogP) is 1.54. The number of nitrogens with zero attached hydrogens (tertiary/aromatic N) is 2. The molecule has 1 aromatic rings. The van der Waals surface area contributed by atoms with Gasteiger partial charge >= 0.3 is 0 Å². The van der Waals surface area contributed by atoms with Gasteiger partial charge in [0.2, 0.25) is 5.43 Å². The maximum atomic E-state index is 13.2. The van der Waals surface area contributed by atoms with Gasteiger partial charge in [-0.05, 0) is 54.2 Å². The molecule has 1 amide bonds. The Morgan fingerprint density at radius 2 is 2.09 bits per heavy atom. The monoisotopic (exact) mass is 428 g/mol. The van der Waals surface area contributed by atoms with Crippen LogP contribution in [0.5, 0.6) is 5.75 Å². The summed E-state index contributed by atoms with van der Waals surface area (Å²) in [6.07, 6.45) is 3.54. The Morgan fingerprint density at radius 3 is 2.83 bits per heavy atom. The number of hydrogen-bond acceptors (Lipinski definition) is 4. The van der Waals surface area contributed by atoms with Crippen LogP contribution in [0.2, 0.25) is 0 Å². The lowest BCUT2D eigenvalue weighted by atomic mass is 9.80. The molecule has 2 saturated heterocycles. The molecule has 23 heavy (non-hydrogen) atoms. The van der Waals surface area contributed by atoms with Gasteiger partial charge in [-0.25, -0.2) is 0 Å². The Kier molecular flexibility index (Phi) is 2.93. The van der Waals surface area contributed by atoms with E-state index in [0.29, 0.717) is 15.2 Å². The standard InChI is InChI=1S/C16H17IN2O4/c1-22-14-12-15(21)18-8-4-7(5-8)6-23-16(18)10-3-2-9(19(10)12)11(17)13(14)20/h7-8,10,16H,2-6H2,1H3. The second-order valence-corrected chi connectivity index (χ2v) is 7.95. The van der Waals surface area contributed by atoms with Gasteiger partial charge in [-0.15, -0.1) is 0 Å². The number of aromatic nitrogens is 1. The molecule has 7 heteroatoms. The maximum absolute atomic E-state index is 13.2. The van der Waals surface area contributed by atoms with Gasteiger partial charge in [0.1, 0.15) is 0 Å². The van der Waals surface area contributed by atoms with E-state index in [2.05, 4.69) is 22.6 Å². The maximum Gasteiger partial charge on any atom is 0.276 e. The summed E-state index contributed by atoms with van der Waals surface area (Å²) in [7, 11) is 1.47. The number of ether oxygens (including phenoxy) is 2. The number of halogens is 1. The lowest BCUT2D eigenvalue weighted by Gasteiger charge is -2.46. The van der Waals surface area contributed by atoms with Crippen LogP contribution in [0.15, 0.2) is 4.79 Å². The minimum Gasteiger partial charge on any atom is -0.491 e. The molecule has 2 atom stereocenters. The van der Waals surface area contributed by atoms with Crippen molar-refractivity contribution >= 4 is 28.5 Å². The first-order valence-electron chi connectivity index (χ1n) is 8.07. The molecule has 3 fully saturated rings. The van der Waals surface area contributed by atoms with E-state index in [-0.39, 0.29) is 35.4 Å². The van der Waals surface area contributed by atoms with Crippen LogP contribution >= 0.6 is 22.6 Å². The highest BCUT2D eigenvalue weighted by Gasteiger charge is 2.53. The lowest BCUT2D eigenvalue weighted by Crippen LogP contribution is -2.56. The van der Waals surface area contributed by atoms with E-state index in [1.165, 1.54) is 7.11 Å². The third-order valence-electron chi connectivity index (χ3n) is 5.77. The summed E-state index contributed by atoms with van der Waals surface area (Å²) in [5.74, 6) is 0.656. The van der Waals surface area contributed by atoms with Gasteiger partial charge in [0.25, 0.3) is 5.91 Å². The zero-order chi connectivity index (χ0) is 15.9. The minimum absolute atomic E-state index is 0.0973. The Morgan fingerprint density at radius 1 is 1.30 bits per heavy atom. The highest BCUT2D eigenvalue weighted by Crippen LogP contribution is 2.47. The fourth-order valence-corrected chi connectivity index (χ4v) is 5.42. The molecule has 5 heterocycles. The fourth-order valence-electron chi connectivity index (χ4n) is 4.64. The van der Waals surface area contributed by atoms with E-state index < -0.39 is 0 Å². The average Bonchev–Trinajstić information content (AvgIpc) is 2.73. The molecular formula is C16H17IN2O4. The molecule has 6 rings (SSSR count). The van der Waals surface area contributed by atoms with E-state index in [4.69, 9.17) is 9.47 Å². The molecule has 122 valence electrons. The molecule has 4 aliphatic heterocycles. The first kappa shape index (κ1) is 14.3. The molecule has 0 spiro atoms. The highest BCUT2D eigenvalue weighted by atomic mass is 127. The third-order valence-corrected chi connectivity index (χ3v) is 6.88. The van der Waals surface area contributed by atoms with Crippen molar-refractivity contribution in [3.63, 3.8) is 0 Å². The molecule has 5 aliphatic rings. The Bertz CT molecular complexity index is 783. The summed E-state index contributed by atoms with van der Waals surface area (Å²) in [5, 5.41) is 0. The van der Waals surface area contributed by atoms with E-state index >= 15 is 0 Å². The predicted molar refractivity (Wildman–Crippen MR) is 89.8 cm³/mol. The summed E-state index contributed by atoms with van der Waals surface area (Å²) in [6.45, 7) is 0.737. The zero-order valence-corrected chi connectivity index (χ0v) is 14.9. The molecule has 6 nitrogen and oxygen atoms in total. The van der Waals surface area contributed by atoms with Gasteiger partial charge in [-0.3, -0.25) is 9.59 Å². The van der Waals surface area contributed by atoms with Crippen LogP contribution in [0.1, 0.15) is 41.5 Å². The average molecular weight is 428 g/mol. The Balaban J connectivity index is 1.78. The smallest absolute Gasteiger partial charge is 0.276 e. The topological polar surface area (TPSA) is 60.8 Å². The molecule has 0 aromatic carbocycles. The van der Waals surface area contributed by atoms with Gasteiger partial charge < -0.3 is 18.9 Å². The summed E-state index contributed by atoms with van der Waals surface area (Å²) < 4.78 is 14.2. The summed E-state index contributed by atoms with van der Waals surface area (Å²) in [4.78, 5) is 27.7. The Labute approximate surface area is 146 Å². The van der Waals surface area contributed by atoms with Crippen LogP contribution in [0.3, 0.4) is 0 Å². The van der Waals surface area contributed by atoms with Crippen molar-refractivity contribution in [3.05, 3.63) is 25.2 Å². The largest absolute Gasteiger partial charge is 0.491 e. The number of methoxy groups -OCH3 is 1. The number of fused-ring (bicyclic) bond motifs is 1. The van der Waals surface area contributed by atoms with Gasteiger partial charge in [0, 0.05) is 11.7 Å². The van der Waals surface area contributed by atoms with Crippen molar-refractivity contribution in [2.75, 3.05) is 13.7 Å². The third kappa shape index (κ3) is 1.67. The van der Waals surface area contributed by atoms with Crippen LogP contribution in [0.25, 0.3) is 0 Å². The molecule has 0 N–H and O–H groups in total. The Hall–Kier alpha value is -1.09. The lowest BCUT2D eigenvalue weighted by molar-refractivity contribution is -0.0722.